The van der Waals surface area contributed by atoms with Crippen LogP contribution in [0.3, 0.4) is 0 Å². The van der Waals surface area contributed by atoms with Crippen molar-refractivity contribution in [1.29, 1.82) is 0 Å². The summed E-state index contributed by atoms with van der Waals surface area (Å²) in [5, 5.41) is 5.24. The van der Waals surface area contributed by atoms with E-state index in [9.17, 15) is 22.8 Å². The minimum atomic E-state index is -4.52. The van der Waals surface area contributed by atoms with Gasteiger partial charge in [-0.2, -0.15) is 13.2 Å². The first kappa shape index (κ1) is 22.0. The monoisotopic (exact) mass is 478 g/mol. The number of amides is 2. The van der Waals surface area contributed by atoms with E-state index in [4.69, 9.17) is 16.3 Å². The van der Waals surface area contributed by atoms with Gasteiger partial charge >= 0.3 is 6.18 Å². The van der Waals surface area contributed by atoms with Crippen molar-refractivity contribution >= 4 is 45.0 Å². The van der Waals surface area contributed by atoms with Crippen molar-refractivity contribution in [3.63, 3.8) is 0 Å². The van der Waals surface area contributed by atoms with Gasteiger partial charge in [-0.3, -0.25) is 9.59 Å². The minimum absolute atomic E-state index is 0.0148. The third-order valence-electron chi connectivity index (χ3n) is 3.35. The van der Waals surface area contributed by atoms with Crippen LogP contribution in [0.4, 0.5) is 18.9 Å². The topological polar surface area (TPSA) is 67.4 Å². The number of rotatable bonds is 7. The van der Waals surface area contributed by atoms with Gasteiger partial charge in [0.15, 0.2) is 6.61 Å². The summed E-state index contributed by atoms with van der Waals surface area (Å²) in [5.41, 5.74) is 0.447. The number of carbonyl (C=O) groups excluding carboxylic acids is 2. The first-order valence-electron chi connectivity index (χ1n) is 7.97. The number of hydrogen-bond donors (Lipinski definition) is 2. The van der Waals surface area contributed by atoms with Gasteiger partial charge < -0.3 is 15.4 Å². The number of ether oxygens (including phenoxy) is 1. The zero-order valence-electron chi connectivity index (χ0n) is 14.3. The lowest BCUT2D eigenvalue weighted by Crippen LogP contribution is -2.27. The van der Waals surface area contributed by atoms with E-state index in [0.29, 0.717) is 5.56 Å². The summed E-state index contributed by atoms with van der Waals surface area (Å²) in [6.45, 7) is -1.46. The molecule has 150 valence electrons. The molecule has 2 N–H and O–H groups in total. The summed E-state index contributed by atoms with van der Waals surface area (Å²) in [5.74, 6) is -1.03. The van der Waals surface area contributed by atoms with Gasteiger partial charge in [0.05, 0.1) is 5.69 Å². The largest absolute Gasteiger partial charge is 0.482 e. The second kappa shape index (κ2) is 9.79. The molecule has 2 aromatic rings. The molecule has 2 aromatic carbocycles. The zero-order valence-corrected chi connectivity index (χ0v) is 16.6. The van der Waals surface area contributed by atoms with E-state index in [1.54, 1.807) is 24.3 Å². The number of carbonyl (C=O) groups is 2. The van der Waals surface area contributed by atoms with Crippen LogP contribution in [0, 0.1) is 0 Å². The normalized spacial score (nSPS) is 11.0. The fourth-order valence-corrected chi connectivity index (χ4v) is 2.53. The van der Waals surface area contributed by atoms with Gasteiger partial charge in [-0.05, 0) is 42.5 Å². The molecule has 2 rings (SSSR count). The number of anilines is 1. The maximum atomic E-state index is 12.3. The van der Waals surface area contributed by atoms with Gasteiger partial charge in [0.1, 0.15) is 5.75 Å². The molecular formula is C18H15BrClF3N2O3. The van der Waals surface area contributed by atoms with E-state index in [0.717, 1.165) is 4.47 Å². The third kappa shape index (κ3) is 7.40. The molecule has 0 saturated carbocycles. The quantitative estimate of drug-likeness (QED) is 0.599. The lowest BCUT2D eigenvalue weighted by Gasteiger charge is -2.14. The molecule has 10 heteroatoms. The Labute approximate surface area is 172 Å². The molecule has 5 nitrogen and oxygen atoms in total. The Morgan fingerprint density at radius 2 is 1.79 bits per heavy atom. The van der Waals surface area contributed by atoms with Crippen LogP contribution in [-0.2, 0) is 4.79 Å². The van der Waals surface area contributed by atoms with Crippen LogP contribution >= 0.6 is 27.5 Å². The lowest BCUT2D eigenvalue weighted by molar-refractivity contribution is -0.153. The molecule has 0 bridgehead atoms. The zero-order chi connectivity index (χ0) is 20.7. The molecule has 0 aliphatic rings. The van der Waals surface area contributed by atoms with Crippen LogP contribution in [0.25, 0.3) is 0 Å². The smallest absolute Gasteiger partial charge is 0.422 e. The predicted octanol–water partition coefficient (Wildman–Crippen LogP) is 4.80. The van der Waals surface area contributed by atoms with Gasteiger partial charge in [0.25, 0.3) is 5.91 Å². The van der Waals surface area contributed by atoms with Gasteiger partial charge in [0, 0.05) is 28.0 Å². The second-order valence-corrected chi connectivity index (χ2v) is 6.96. The molecule has 0 spiro atoms. The summed E-state index contributed by atoms with van der Waals surface area (Å²) in [4.78, 5) is 24.0. The fraction of sp³-hybridized carbons (Fsp3) is 0.222. The van der Waals surface area contributed by atoms with Crippen molar-refractivity contribution in [2.24, 2.45) is 0 Å². The van der Waals surface area contributed by atoms with Crippen molar-refractivity contribution in [2.75, 3.05) is 18.5 Å². The van der Waals surface area contributed by atoms with Crippen molar-refractivity contribution in [3.05, 3.63) is 57.5 Å². The maximum absolute atomic E-state index is 12.3. The Morgan fingerprint density at radius 1 is 1.11 bits per heavy atom. The first-order valence-corrected chi connectivity index (χ1v) is 9.14. The summed E-state index contributed by atoms with van der Waals surface area (Å²) in [7, 11) is 0. The van der Waals surface area contributed by atoms with Crippen molar-refractivity contribution < 1.29 is 27.5 Å². The van der Waals surface area contributed by atoms with Gasteiger partial charge in [-0.15, -0.1) is 0 Å². The fourth-order valence-electron chi connectivity index (χ4n) is 2.09. The molecule has 0 atom stereocenters. The standard InChI is InChI=1S/C18H15BrClF3N2O3/c19-12-3-1-11(2-4-12)17(27)24-8-7-16(26)25-14-9-13(20)5-6-15(14)28-10-18(21,22)23/h1-6,9H,7-8,10H2,(H,24,27)(H,25,26). The molecule has 0 radical (unpaired) electrons. The molecule has 0 aliphatic heterocycles. The number of benzene rings is 2. The SMILES string of the molecule is O=C(CCNC(=O)c1ccc(Br)cc1)Nc1cc(Cl)ccc1OCC(F)(F)F. The Bertz CT molecular complexity index is 845. The van der Waals surface area contributed by atoms with E-state index in [-0.39, 0.29) is 35.3 Å². The van der Waals surface area contributed by atoms with Crippen molar-refractivity contribution in [1.82, 2.24) is 5.32 Å². The van der Waals surface area contributed by atoms with Crippen molar-refractivity contribution in [2.45, 2.75) is 12.6 Å². The highest BCUT2D eigenvalue weighted by Crippen LogP contribution is 2.29. The highest BCUT2D eigenvalue weighted by atomic mass is 79.9. The van der Waals surface area contributed by atoms with E-state index in [2.05, 4.69) is 26.6 Å². The van der Waals surface area contributed by atoms with Crippen LogP contribution in [0.2, 0.25) is 5.02 Å². The molecule has 0 heterocycles. The predicted molar refractivity (Wildman–Crippen MR) is 103 cm³/mol. The molecule has 2 amide bonds. The van der Waals surface area contributed by atoms with Crippen LogP contribution in [0.1, 0.15) is 16.8 Å². The van der Waals surface area contributed by atoms with Crippen molar-refractivity contribution in [3.8, 4) is 5.75 Å². The van der Waals surface area contributed by atoms with E-state index < -0.39 is 18.7 Å². The Kier molecular flexibility index (Phi) is 7.70. The molecule has 28 heavy (non-hydrogen) atoms. The van der Waals surface area contributed by atoms with E-state index >= 15 is 0 Å². The van der Waals surface area contributed by atoms with Gasteiger partial charge in [-0.25, -0.2) is 0 Å². The van der Waals surface area contributed by atoms with Crippen LogP contribution in [0.5, 0.6) is 5.75 Å². The van der Waals surface area contributed by atoms with Crippen LogP contribution in [-0.4, -0.2) is 31.1 Å². The Balaban J connectivity index is 1.89. The van der Waals surface area contributed by atoms with Gasteiger partial charge in [-0.1, -0.05) is 27.5 Å². The summed E-state index contributed by atoms with van der Waals surface area (Å²) in [6.07, 6.45) is -4.61. The van der Waals surface area contributed by atoms with Crippen LogP contribution in [0.15, 0.2) is 46.9 Å². The second-order valence-electron chi connectivity index (χ2n) is 5.61. The lowest BCUT2D eigenvalue weighted by atomic mass is 10.2. The van der Waals surface area contributed by atoms with Crippen LogP contribution < -0.4 is 15.4 Å². The highest BCUT2D eigenvalue weighted by molar-refractivity contribution is 9.10. The molecule has 0 unspecified atom stereocenters. The third-order valence-corrected chi connectivity index (χ3v) is 4.11. The number of hydrogen-bond acceptors (Lipinski definition) is 3. The minimum Gasteiger partial charge on any atom is -0.482 e. The van der Waals surface area contributed by atoms with E-state index in [1.807, 2.05) is 0 Å². The maximum Gasteiger partial charge on any atom is 0.422 e. The summed E-state index contributed by atoms with van der Waals surface area (Å²) >= 11 is 9.09. The van der Waals surface area contributed by atoms with E-state index in [1.165, 1.54) is 18.2 Å². The number of alkyl halides is 3. The molecular weight excluding hydrogens is 465 g/mol. The summed E-state index contributed by atoms with van der Waals surface area (Å²) < 4.78 is 42.5. The summed E-state index contributed by atoms with van der Waals surface area (Å²) in [6, 6.07) is 10.5. The molecule has 0 fully saturated rings. The molecule has 0 saturated heterocycles. The molecule has 0 aromatic heterocycles. The number of nitrogens with one attached hydrogen (secondary N) is 2. The average molecular weight is 480 g/mol. The first-order chi connectivity index (χ1) is 13.1. The van der Waals surface area contributed by atoms with Gasteiger partial charge in [0.2, 0.25) is 5.91 Å². The Morgan fingerprint density at radius 3 is 2.43 bits per heavy atom. The number of halogens is 5. The Hall–Kier alpha value is -2.26. The molecule has 0 aliphatic carbocycles. The highest BCUT2D eigenvalue weighted by Gasteiger charge is 2.29. The average Bonchev–Trinajstić information content (AvgIpc) is 2.60.